The van der Waals surface area contributed by atoms with Crippen LogP contribution in [0.25, 0.3) is 0 Å². The van der Waals surface area contributed by atoms with Crippen molar-refractivity contribution in [2.75, 3.05) is 13.2 Å². The molecule has 0 spiro atoms. The average Bonchev–Trinajstić information content (AvgIpc) is 2.32. The third kappa shape index (κ3) is 4.96. The molecule has 0 bridgehead atoms. The Labute approximate surface area is 113 Å². The predicted octanol–water partition coefficient (Wildman–Crippen LogP) is 3.04. The van der Waals surface area contributed by atoms with Gasteiger partial charge in [0.25, 0.3) is 0 Å². The van der Waals surface area contributed by atoms with Crippen LogP contribution < -0.4 is 5.32 Å². The third-order valence-electron chi connectivity index (χ3n) is 2.49. The second kappa shape index (κ2) is 7.77. The highest BCUT2D eigenvalue weighted by molar-refractivity contribution is 8.00. The van der Waals surface area contributed by atoms with E-state index in [0.717, 1.165) is 12.1 Å². The number of rotatable bonds is 7. The number of halogens is 1. The van der Waals surface area contributed by atoms with Crippen LogP contribution in [0.5, 0.6) is 0 Å². The molecule has 102 valence electrons. The van der Waals surface area contributed by atoms with Crippen LogP contribution in [0.15, 0.2) is 23.1 Å². The summed E-state index contributed by atoms with van der Waals surface area (Å²) in [7, 11) is 0. The van der Waals surface area contributed by atoms with E-state index in [4.69, 9.17) is 5.11 Å². The molecule has 0 saturated heterocycles. The van der Waals surface area contributed by atoms with Crippen molar-refractivity contribution in [2.45, 2.75) is 37.5 Å². The molecule has 0 aliphatic rings. The molecule has 0 saturated carbocycles. The third-order valence-corrected chi connectivity index (χ3v) is 3.74. The molecule has 2 N–H and O–H groups in total. The molecule has 0 aromatic heterocycles. The monoisotopic (exact) mass is 271 g/mol. The first-order chi connectivity index (χ1) is 8.54. The smallest absolute Gasteiger partial charge is 0.137 e. The van der Waals surface area contributed by atoms with Gasteiger partial charge < -0.3 is 10.4 Å². The number of nitrogens with one attached hydrogen (secondary N) is 1. The van der Waals surface area contributed by atoms with Crippen molar-refractivity contribution in [3.05, 3.63) is 29.6 Å². The van der Waals surface area contributed by atoms with Gasteiger partial charge in [0.2, 0.25) is 0 Å². The van der Waals surface area contributed by atoms with Crippen LogP contribution in [0, 0.1) is 11.7 Å². The van der Waals surface area contributed by atoms with Crippen LogP contribution in [-0.4, -0.2) is 23.5 Å². The largest absolute Gasteiger partial charge is 0.395 e. The van der Waals surface area contributed by atoms with Crippen molar-refractivity contribution in [3.8, 4) is 0 Å². The fraction of sp³-hybridized carbons (Fsp3) is 0.571. The second-order valence-electron chi connectivity index (χ2n) is 4.86. The summed E-state index contributed by atoms with van der Waals surface area (Å²) in [5.41, 5.74) is 0.959. The Bertz CT molecular complexity index is 371. The number of thioether (sulfide) groups is 1. The fourth-order valence-corrected chi connectivity index (χ4v) is 2.51. The lowest BCUT2D eigenvalue weighted by molar-refractivity contribution is 0.300. The summed E-state index contributed by atoms with van der Waals surface area (Å²) in [5.74, 6) is 0.371. The Morgan fingerprint density at radius 2 is 2.06 bits per heavy atom. The molecule has 2 nitrogen and oxygen atoms in total. The summed E-state index contributed by atoms with van der Waals surface area (Å²) in [6.45, 7) is 7.80. The van der Waals surface area contributed by atoms with Gasteiger partial charge in [-0.1, -0.05) is 32.9 Å². The summed E-state index contributed by atoms with van der Waals surface area (Å²) < 4.78 is 13.8. The first-order valence-electron chi connectivity index (χ1n) is 6.30. The van der Waals surface area contributed by atoms with E-state index < -0.39 is 0 Å². The fourth-order valence-electron chi connectivity index (χ4n) is 1.56. The van der Waals surface area contributed by atoms with Crippen molar-refractivity contribution in [2.24, 2.45) is 5.92 Å². The van der Waals surface area contributed by atoms with Crippen LogP contribution in [0.2, 0.25) is 0 Å². The van der Waals surface area contributed by atoms with Crippen molar-refractivity contribution in [1.29, 1.82) is 0 Å². The van der Waals surface area contributed by atoms with Crippen molar-refractivity contribution >= 4 is 11.8 Å². The maximum absolute atomic E-state index is 13.8. The molecule has 0 aliphatic carbocycles. The van der Waals surface area contributed by atoms with Crippen LogP contribution in [0.3, 0.4) is 0 Å². The van der Waals surface area contributed by atoms with Crippen LogP contribution in [0.1, 0.15) is 26.3 Å². The molecule has 0 aliphatic heterocycles. The zero-order valence-electron chi connectivity index (χ0n) is 11.2. The summed E-state index contributed by atoms with van der Waals surface area (Å²) in [4.78, 5) is 0.648. The Hall–Kier alpha value is -0.580. The number of aliphatic hydroxyl groups excluding tert-OH is 1. The first kappa shape index (κ1) is 15.5. The van der Waals surface area contributed by atoms with Crippen LogP contribution >= 0.6 is 11.8 Å². The molecule has 0 fully saturated rings. The van der Waals surface area contributed by atoms with Gasteiger partial charge in [0.1, 0.15) is 5.82 Å². The standard InChI is InChI=1S/C14H22FNOS/c1-10(2)7-16-8-12-5-4-6-13(15)14(12)18-11(3)9-17/h4-6,10-11,16-17H,7-9H2,1-3H3. The highest BCUT2D eigenvalue weighted by Crippen LogP contribution is 2.29. The minimum Gasteiger partial charge on any atom is -0.395 e. The van der Waals surface area contributed by atoms with Gasteiger partial charge in [-0.25, -0.2) is 4.39 Å². The van der Waals surface area contributed by atoms with Gasteiger partial charge in [0, 0.05) is 16.7 Å². The van der Waals surface area contributed by atoms with Crippen molar-refractivity contribution in [1.82, 2.24) is 5.32 Å². The Kier molecular flexibility index (Phi) is 6.68. The Balaban J connectivity index is 2.73. The maximum Gasteiger partial charge on any atom is 0.137 e. The van der Waals surface area contributed by atoms with Crippen molar-refractivity contribution in [3.63, 3.8) is 0 Å². The normalized spacial score (nSPS) is 13.0. The van der Waals surface area contributed by atoms with E-state index >= 15 is 0 Å². The molecular formula is C14H22FNOS. The lowest BCUT2D eigenvalue weighted by Crippen LogP contribution is -2.19. The molecule has 0 amide bonds. The van der Waals surface area contributed by atoms with Gasteiger partial charge >= 0.3 is 0 Å². The van der Waals surface area contributed by atoms with Gasteiger partial charge in [-0.2, -0.15) is 0 Å². The van der Waals surface area contributed by atoms with Crippen LogP contribution in [-0.2, 0) is 6.54 Å². The molecule has 4 heteroatoms. The Morgan fingerprint density at radius 3 is 2.67 bits per heavy atom. The predicted molar refractivity (Wildman–Crippen MR) is 75.3 cm³/mol. The van der Waals surface area contributed by atoms with Gasteiger partial charge in [-0.05, 0) is 24.1 Å². The minimum atomic E-state index is -0.204. The lowest BCUT2D eigenvalue weighted by Gasteiger charge is -2.14. The second-order valence-corrected chi connectivity index (χ2v) is 6.31. The highest BCUT2D eigenvalue weighted by atomic mass is 32.2. The van der Waals surface area contributed by atoms with E-state index in [9.17, 15) is 4.39 Å². The first-order valence-corrected chi connectivity index (χ1v) is 7.18. The molecular weight excluding hydrogens is 249 g/mol. The molecule has 0 radical (unpaired) electrons. The average molecular weight is 271 g/mol. The quantitative estimate of drug-likeness (QED) is 0.748. The topological polar surface area (TPSA) is 32.3 Å². The van der Waals surface area contributed by atoms with Gasteiger partial charge in [0.05, 0.1) is 6.61 Å². The van der Waals surface area contributed by atoms with E-state index in [1.807, 2.05) is 13.0 Å². The van der Waals surface area contributed by atoms with Gasteiger partial charge in [-0.3, -0.25) is 0 Å². The highest BCUT2D eigenvalue weighted by Gasteiger charge is 2.12. The number of benzene rings is 1. The molecule has 0 heterocycles. The van der Waals surface area contributed by atoms with E-state index in [2.05, 4.69) is 19.2 Å². The molecule has 18 heavy (non-hydrogen) atoms. The molecule has 1 aromatic rings. The summed E-state index contributed by atoms with van der Waals surface area (Å²) in [6.07, 6.45) is 0. The zero-order chi connectivity index (χ0) is 13.5. The minimum absolute atomic E-state index is 0.00532. The van der Waals surface area contributed by atoms with E-state index in [1.165, 1.54) is 17.8 Å². The van der Waals surface area contributed by atoms with Crippen LogP contribution in [0.4, 0.5) is 4.39 Å². The lowest BCUT2D eigenvalue weighted by atomic mass is 10.2. The van der Waals surface area contributed by atoms with Gasteiger partial charge in [-0.15, -0.1) is 11.8 Å². The number of hydrogen-bond donors (Lipinski definition) is 2. The molecule has 1 unspecified atom stereocenters. The van der Waals surface area contributed by atoms with E-state index in [-0.39, 0.29) is 17.7 Å². The number of hydrogen-bond acceptors (Lipinski definition) is 3. The summed E-state index contributed by atoms with van der Waals surface area (Å²) >= 11 is 1.39. The maximum atomic E-state index is 13.8. The van der Waals surface area contributed by atoms with E-state index in [0.29, 0.717) is 17.4 Å². The molecule has 1 rings (SSSR count). The number of aliphatic hydroxyl groups is 1. The zero-order valence-corrected chi connectivity index (χ0v) is 12.1. The SMILES string of the molecule is CC(C)CNCc1cccc(F)c1SC(C)CO. The van der Waals surface area contributed by atoms with Gasteiger partial charge in [0.15, 0.2) is 0 Å². The van der Waals surface area contributed by atoms with E-state index in [1.54, 1.807) is 6.07 Å². The molecule has 1 atom stereocenters. The Morgan fingerprint density at radius 1 is 1.33 bits per heavy atom. The molecule has 1 aromatic carbocycles. The summed E-state index contributed by atoms with van der Waals surface area (Å²) in [6, 6.07) is 5.14. The van der Waals surface area contributed by atoms with Crippen molar-refractivity contribution < 1.29 is 9.50 Å². The summed E-state index contributed by atoms with van der Waals surface area (Å²) in [5, 5.41) is 12.4.